The van der Waals surface area contributed by atoms with Crippen LogP contribution in [0.5, 0.6) is 17.2 Å². The van der Waals surface area contributed by atoms with Crippen LogP contribution in [0.2, 0.25) is 0 Å². The maximum absolute atomic E-state index is 5.51. The van der Waals surface area contributed by atoms with Crippen molar-refractivity contribution in [3.63, 3.8) is 0 Å². The average molecular weight is 402 g/mol. The second kappa shape index (κ2) is 9.59. The molecule has 150 valence electrons. The Balaban J connectivity index is 2.08. The largest absolute Gasteiger partial charge is 0.493 e. The first-order valence-corrected chi connectivity index (χ1v) is 10.3. The molecule has 1 aromatic carbocycles. The lowest BCUT2D eigenvalue weighted by atomic mass is 9.96. The number of allylic oxidation sites excluding steroid dienone is 2. The van der Waals surface area contributed by atoms with E-state index in [4.69, 9.17) is 19.3 Å². The summed E-state index contributed by atoms with van der Waals surface area (Å²) in [6.07, 6.45) is 9.79. The van der Waals surface area contributed by atoms with Gasteiger partial charge in [-0.05, 0) is 44.2 Å². The molecule has 0 saturated carbocycles. The maximum atomic E-state index is 5.51. The number of benzene rings is 1. The molecule has 1 aliphatic rings. The molecule has 0 saturated heterocycles. The topological polar surface area (TPSA) is 57.3 Å². The van der Waals surface area contributed by atoms with Crippen LogP contribution in [0.3, 0.4) is 0 Å². The fraction of sp³-hybridized carbons (Fsp3) is 0.429. The third-order valence-electron chi connectivity index (χ3n) is 4.64. The molecule has 28 heavy (non-hydrogen) atoms. The smallest absolute Gasteiger partial charge is 0.206 e. The summed E-state index contributed by atoms with van der Waals surface area (Å²) < 4.78 is 18.4. The second-order valence-electron chi connectivity index (χ2n) is 6.41. The van der Waals surface area contributed by atoms with Crippen molar-refractivity contribution in [3.8, 4) is 28.5 Å². The first-order chi connectivity index (χ1) is 13.7. The zero-order chi connectivity index (χ0) is 19.9. The number of ether oxygens (including phenoxy) is 3. The fourth-order valence-corrected chi connectivity index (χ4v) is 4.10. The molecule has 0 fully saturated rings. The standard InChI is InChI=1S/C21H27N3O3S/c1-5-22-21-24(23-13-15-9-7-6-8-10-15)17(14-28-21)16-11-18(25-2)20(27-4)19(12-16)26-3/h6-7,11-15H,5,8-10H2,1-4H3. The summed E-state index contributed by atoms with van der Waals surface area (Å²) >= 11 is 1.57. The third kappa shape index (κ3) is 4.30. The van der Waals surface area contributed by atoms with Gasteiger partial charge in [0.1, 0.15) is 0 Å². The molecule has 1 atom stereocenters. The van der Waals surface area contributed by atoms with Gasteiger partial charge >= 0.3 is 0 Å². The van der Waals surface area contributed by atoms with Crippen molar-refractivity contribution in [1.82, 2.24) is 4.68 Å². The summed E-state index contributed by atoms with van der Waals surface area (Å²) in [4.78, 5) is 5.47. The van der Waals surface area contributed by atoms with E-state index in [1.54, 1.807) is 32.7 Å². The van der Waals surface area contributed by atoms with Crippen LogP contribution in [0, 0.1) is 5.92 Å². The fourth-order valence-electron chi connectivity index (χ4n) is 3.20. The van der Waals surface area contributed by atoms with Gasteiger partial charge < -0.3 is 14.2 Å². The van der Waals surface area contributed by atoms with E-state index in [1.807, 2.05) is 29.9 Å². The number of hydrogen-bond donors (Lipinski definition) is 0. The van der Waals surface area contributed by atoms with Crippen molar-refractivity contribution in [2.75, 3.05) is 27.9 Å². The second-order valence-corrected chi connectivity index (χ2v) is 7.25. The van der Waals surface area contributed by atoms with Gasteiger partial charge in [-0.25, -0.2) is 4.68 Å². The minimum Gasteiger partial charge on any atom is -0.493 e. The van der Waals surface area contributed by atoms with Gasteiger partial charge in [0.25, 0.3) is 0 Å². The summed E-state index contributed by atoms with van der Waals surface area (Å²) in [7, 11) is 4.84. The first-order valence-electron chi connectivity index (χ1n) is 9.42. The predicted molar refractivity (Wildman–Crippen MR) is 114 cm³/mol. The summed E-state index contributed by atoms with van der Waals surface area (Å²) in [5.74, 6) is 2.26. The van der Waals surface area contributed by atoms with Crippen molar-refractivity contribution in [3.05, 3.63) is 34.5 Å². The maximum Gasteiger partial charge on any atom is 0.206 e. The van der Waals surface area contributed by atoms with Crippen molar-refractivity contribution in [2.24, 2.45) is 16.0 Å². The lowest BCUT2D eigenvalue weighted by Crippen LogP contribution is -2.14. The Bertz CT molecular complexity index is 902. The molecule has 0 N–H and O–H groups in total. The van der Waals surface area contributed by atoms with Gasteiger partial charge in [-0.3, -0.25) is 4.99 Å². The van der Waals surface area contributed by atoms with Crippen LogP contribution in [0.4, 0.5) is 0 Å². The minimum absolute atomic E-state index is 0.458. The van der Waals surface area contributed by atoms with E-state index in [-0.39, 0.29) is 0 Å². The highest BCUT2D eigenvalue weighted by Gasteiger charge is 2.17. The highest BCUT2D eigenvalue weighted by molar-refractivity contribution is 7.07. The van der Waals surface area contributed by atoms with Crippen LogP contribution in [0.25, 0.3) is 11.3 Å². The Labute approximate surface area is 169 Å². The summed E-state index contributed by atoms with van der Waals surface area (Å²) in [5.41, 5.74) is 1.88. The van der Waals surface area contributed by atoms with Gasteiger partial charge in [0.2, 0.25) is 10.6 Å². The molecule has 0 bridgehead atoms. The molecule has 0 amide bonds. The molecule has 1 aromatic heterocycles. The lowest BCUT2D eigenvalue weighted by molar-refractivity contribution is 0.324. The highest BCUT2D eigenvalue weighted by Crippen LogP contribution is 2.41. The molecule has 7 heteroatoms. The van der Waals surface area contributed by atoms with Gasteiger partial charge in [-0.2, -0.15) is 5.10 Å². The summed E-state index contributed by atoms with van der Waals surface area (Å²) in [6, 6.07) is 3.88. The zero-order valence-electron chi connectivity index (χ0n) is 16.8. The minimum atomic E-state index is 0.458. The SMILES string of the molecule is CCN=c1scc(-c2cc(OC)c(OC)c(OC)c2)n1N=CC1CC=CCC1. The van der Waals surface area contributed by atoms with Crippen LogP contribution in [0.1, 0.15) is 26.2 Å². The number of aromatic nitrogens is 1. The monoisotopic (exact) mass is 401 g/mol. The molecular formula is C21H27N3O3S. The van der Waals surface area contributed by atoms with Gasteiger partial charge in [-0.1, -0.05) is 12.2 Å². The van der Waals surface area contributed by atoms with E-state index in [9.17, 15) is 0 Å². The number of rotatable bonds is 7. The van der Waals surface area contributed by atoms with E-state index in [0.717, 1.165) is 35.3 Å². The summed E-state index contributed by atoms with van der Waals surface area (Å²) in [5, 5.41) is 6.86. The Morgan fingerprint density at radius 2 is 1.89 bits per heavy atom. The molecule has 0 spiro atoms. The molecule has 1 aliphatic carbocycles. The molecule has 3 rings (SSSR count). The van der Waals surface area contributed by atoms with Gasteiger partial charge in [-0.15, -0.1) is 11.3 Å². The van der Waals surface area contributed by atoms with Crippen molar-refractivity contribution in [1.29, 1.82) is 0 Å². The Kier molecular flexibility index (Phi) is 6.92. The quantitative estimate of drug-likeness (QED) is 0.512. The molecule has 1 unspecified atom stereocenters. The van der Waals surface area contributed by atoms with Crippen LogP contribution in [-0.2, 0) is 0 Å². The summed E-state index contributed by atoms with van der Waals surface area (Å²) in [6.45, 7) is 2.73. The van der Waals surface area contributed by atoms with Crippen LogP contribution < -0.4 is 19.0 Å². The zero-order valence-corrected chi connectivity index (χ0v) is 17.7. The van der Waals surface area contributed by atoms with E-state index in [1.165, 1.54) is 0 Å². The van der Waals surface area contributed by atoms with E-state index < -0.39 is 0 Å². The van der Waals surface area contributed by atoms with Crippen LogP contribution in [0.15, 0.2) is 39.8 Å². The van der Waals surface area contributed by atoms with E-state index in [0.29, 0.717) is 29.7 Å². The number of nitrogens with zero attached hydrogens (tertiary/aromatic N) is 3. The highest BCUT2D eigenvalue weighted by atomic mass is 32.1. The third-order valence-corrected chi connectivity index (χ3v) is 5.50. The lowest BCUT2D eigenvalue weighted by Gasteiger charge is -2.15. The van der Waals surface area contributed by atoms with Gasteiger partial charge in [0, 0.05) is 23.7 Å². The average Bonchev–Trinajstić information content (AvgIpc) is 3.14. The number of thiazole rings is 1. The molecular weight excluding hydrogens is 374 g/mol. The van der Waals surface area contributed by atoms with Crippen molar-refractivity contribution in [2.45, 2.75) is 26.2 Å². The van der Waals surface area contributed by atoms with Crippen molar-refractivity contribution < 1.29 is 14.2 Å². The van der Waals surface area contributed by atoms with E-state index in [2.05, 4.69) is 22.5 Å². The molecule has 0 aliphatic heterocycles. The molecule has 2 aromatic rings. The first kappa shape index (κ1) is 20.2. The Hall–Kier alpha value is -2.54. The Morgan fingerprint density at radius 3 is 2.46 bits per heavy atom. The Morgan fingerprint density at radius 1 is 1.14 bits per heavy atom. The molecule has 1 heterocycles. The number of methoxy groups -OCH3 is 3. The molecule has 0 radical (unpaired) electrons. The normalized spacial score (nSPS) is 17.3. The molecule has 6 nitrogen and oxygen atoms in total. The van der Waals surface area contributed by atoms with Crippen molar-refractivity contribution >= 4 is 17.6 Å². The van der Waals surface area contributed by atoms with Gasteiger partial charge in [0.15, 0.2) is 11.5 Å². The van der Waals surface area contributed by atoms with Gasteiger partial charge in [0.05, 0.1) is 27.0 Å². The van der Waals surface area contributed by atoms with E-state index >= 15 is 0 Å². The predicted octanol–water partition coefficient (Wildman–Crippen LogP) is 4.35. The van der Waals surface area contributed by atoms with Crippen LogP contribution in [-0.4, -0.2) is 38.8 Å². The number of hydrogen-bond acceptors (Lipinski definition) is 6. The van der Waals surface area contributed by atoms with Crippen LogP contribution >= 0.6 is 11.3 Å².